The van der Waals surface area contributed by atoms with Crippen molar-refractivity contribution in [1.82, 2.24) is 15.0 Å². The van der Waals surface area contributed by atoms with Crippen LogP contribution in [-0.2, 0) is 11.3 Å². The Labute approximate surface area is 90.5 Å². The van der Waals surface area contributed by atoms with Crippen LogP contribution in [0.4, 0.5) is 0 Å². The molecule has 0 fully saturated rings. The maximum absolute atomic E-state index is 10.7. The van der Waals surface area contributed by atoms with Crippen molar-refractivity contribution in [2.24, 2.45) is 5.73 Å². The minimum Gasteiger partial charge on any atom is -0.480 e. The first-order chi connectivity index (χ1) is 6.99. The zero-order valence-corrected chi connectivity index (χ0v) is 8.89. The van der Waals surface area contributed by atoms with Crippen LogP contribution in [0.3, 0.4) is 0 Å². The molecule has 1 rings (SSSR count). The third kappa shape index (κ3) is 2.67. The van der Waals surface area contributed by atoms with Crippen LogP contribution in [-0.4, -0.2) is 41.4 Å². The Morgan fingerprint density at radius 1 is 1.80 bits per heavy atom. The first-order valence-electron chi connectivity index (χ1n) is 4.14. The molecule has 84 valence electrons. The minimum absolute atomic E-state index is 0.168. The predicted octanol–water partition coefficient (Wildman–Crippen LogP) is -0.345. The van der Waals surface area contributed by atoms with Crippen LogP contribution in [0.1, 0.15) is 6.92 Å². The molecule has 2 unspecified atom stereocenters. The van der Waals surface area contributed by atoms with Gasteiger partial charge in [-0.15, -0.1) is 5.10 Å². The van der Waals surface area contributed by atoms with Gasteiger partial charge < -0.3 is 15.4 Å². The van der Waals surface area contributed by atoms with E-state index >= 15 is 0 Å². The third-order valence-electron chi connectivity index (χ3n) is 2.08. The molecule has 0 saturated heterocycles. The van der Waals surface area contributed by atoms with Gasteiger partial charge in [-0.2, -0.15) is 0 Å². The van der Waals surface area contributed by atoms with E-state index in [4.69, 9.17) is 15.4 Å². The van der Waals surface area contributed by atoms with Gasteiger partial charge in [0.15, 0.2) is 0 Å². The summed E-state index contributed by atoms with van der Waals surface area (Å²) in [5.41, 5.74) is 5.48. The zero-order chi connectivity index (χ0) is 11.5. The van der Waals surface area contributed by atoms with Gasteiger partial charge in [-0.05, 0) is 19.0 Å². The molecule has 0 saturated carbocycles. The number of nitrogens with zero attached hydrogens (tertiary/aromatic N) is 3. The summed E-state index contributed by atoms with van der Waals surface area (Å²) in [6.07, 6.45) is 3.04. The van der Waals surface area contributed by atoms with Gasteiger partial charge >= 0.3 is 5.97 Å². The Morgan fingerprint density at radius 2 is 2.47 bits per heavy atom. The smallest absolute Gasteiger partial charge is 0.322 e. The summed E-state index contributed by atoms with van der Waals surface area (Å²) in [6, 6.07) is -1.18. The van der Waals surface area contributed by atoms with Crippen LogP contribution < -0.4 is 5.73 Å². The number of carboxylic acids is 1. The van der Waals surface area contributed by atoms with Gasteiger partial charge in [-0.1, -0.05) is 5.21 Å². The average molecular weight is 232 g/mol. The van der Waals surface area contributed by atoms with E-state index in [0.717, 1.165) is 0 Å². The number of aromatic nitrogens is 3. The third-order valence-corrected chi connectivity index (χ3v) is 2.88. The lowest BCUT2D eigenvalue weighted by Gasteiger charge is -2.28. The van der Waals surface area contributed by atoms with Crippen LogP contribution in [0, 0.1) is 0 Å². The fourth-order valence-corrected chi connectivity index (χ4v) is 1.49. The van der Waals surface area contributed by atoms with Crippen molar-refractivity contribution in [1.29, 1.82) is 0 Å². The fourth-order valence-electron chi connectivity index (χ4n) is 1.08. The van der Waals surface area contributed by atoms with Crippen molar-refractivity contribution < 1.29 is 14.5 Å². The van der Waals surface area contributed by atoms with E-state index in [1.807, 2.05) is 0 Å². The maximum Gasteiger partial charge on any atom is 0.322 e. The van der Waals surface area contributed by atoms with Crippen LogP contribution in [0.25, 0.3) is 0 Å². The molecule has 0 aliphatic carbocycles. The molecule has 8 heteroatoms. The molecule has 15 heavy (non-hydrogen) atoms. The number of hydrogen-bond acceptors (Lipinski definition) is 6. The molecule has 0 amide bonds. The topological polar surface area (TPSA) is 114 Å². The van der Waals surface area contributed by atoms with E-state index in [1.165, 1.54) is 10.9 Å². The summed E-state index contributed by atoms with van der Waals surface area (Å²) in [5.74, 6) is -1.17. The first kappa shape index (κ1) is 12.0. The van der Waals surface area contributed by atoms with Crippen LogP contribution in [0.15, 0.2) is 12.4 Å². The normalized spacial score (nSPS) is 17.0. The predicted molar refractivity (Wildman–Crippen MR) is 54.3 cm³/mol. The number of rotatable bonds is 5. The zero-order valence-electron chi connectivity index (χ0n) is 8.07. The highest BCUT2D eigenvalue weighted by molar-refractivity contribution is 7.95. The molecule has 0 aliphatic rings. The lowest BCUT2D eigenvalue weighted by atomic mass is 10.0. The molecule has 0 radical (unpaired) electrons. The SMILES string of the molecule is CC(Cn1ccnn1)(SO)C(N)C(=O)O. The van der Waals surface area contributed by atoms with E-state index < -0.39 is 16.8 Å². The molecule has 0 aliphatic heterocycles. The second-order valence-electron chi connectivity index (χ2n) is 3.32. The highest BCUT2D eigenvalue weighted by Gasteiger charge is 2.38. The molecule has 7 nitrogen and oxygen atoms in total. The van der Waals surface area contributed by atoms with Gasteiger partial charge in [-0.25, -0.2) is 0 Å². The number of carboxylic acid groups (broad SMARTS) is 1. The molecule has 4 N–H and O–H groups in total. The average Bonchev–Trinajstić information content (AvgIpc) is 2.68. The monoisotopic (exact) mass is 232 g/mol. The first-order valence-corrected chi connectivity index (χ1v) is 4.92. The number of aliphatic carboxylic acids is 1. The second-order valence-corrected chi connectivity index (χ2v) is 4.44. The van der Waals surface area contributed by atoms with Crippen LogP contribution in [0.5, 0.6) is 0 Å². The van der Waals surface area contributed by atoms with Crippen molar-refractivity contribution in [2.45, 2.75) is 24.3 Å². The van der Waals surface area contributed by atoms with E-state index in [0.29, 0.717) is 12.0 Å². The van der Waals surface area contributed by atoms with Crippen LogP contribution >= 0.6 is 12.0 Å². The lowest BCUT2D eigenvalue weighted by molar-refractivity contribution is -0.139. The van der Waals surface area contributed by atoms with E-state index in [2.05, 4.69) is 10.3 Å². The summed E-state index contributed by atoms with van der Waals surface area (Å²) in [4.78, 5) is 10.7. The van der Waals surface area contributed by atoms with Gasteiger partial charge in [-0.3, -0.25) is 9.48 Å². The maximum atomic E-state index is 10.7. The largest absolute Gasteiger partial charge is 0.480 e. The Bertz CT molecular complexity index is 331. The lowest BCUT2D eigenvalue weighted by Crippen LogP contribution is -2.51. The number of carbonyl (C=O) groups is 1. The molecule has 1 aromatic rings. The molecule has 1 aromatic heterocycles. The molecule has 2 atom stereocenters. The Morgan fingerprint density at radius 3 is 2.87 bits per heavy atom. The van der Waals surface area contributed by atoms with E-state index in [-0.39, 0.29) is 6.54 Å². The highest BCUT2D eigenvalue weighted by Crippen LogP contribution is 2.27. The summed E-state index contributed by atoms with van der Waals surface area (Å²) in [7, 11) is 0. The molecule has 1 heterocycles. The van der Waals surface area contributed by atoms with Crippen molar-refractivity contribution in [2.75, 3.05) is 0 Å². The Hall–Kier alpha value is -1.12. The van der Waals surface area contributed by atoms with E-state index in [9.17, 15) is 4.79 Å². The van der Waals surface area contributed by atoms with Gasteiger partial charge in [0.2, 0.25) is 0 Å². The fraction of sp³-hybridized carbons (Fsp3) is 0.571. The molecule has 0 spiro atoms. The van der Waals surface area contributed by atoms with Gasteiger partial charge in [0.05, 0.1) is 17.5 Å². The van der Waals surface area contributed by atoms with Crippen molar-refractivity contribution >= 4 is 18.0 Å². The van der Waals surface area contributed by atoms with Gasteiger partial charge in [0.1, 0.15) is 6.04 Å². The number of hydrogen-bond donors (Lipinski definition) is 3. The summed E-state index contributed by atoms with van der Waals surface area (Å²) in [6.45, 7) is 1.72. The quantitative estimate of drug-likeness (QED) is 0.594. The molecular formula is C7H12N4O3S. The summed E-state index contributed by atoms with van der Waals surface area (Å²) < 4.78 is 9.50. The standard InChI is InChI=1S/C7H12N4O3S/c1-7(15-14,5(8)6(12)13)4-11-3-2-9-10-11/h2-3,5,14H,4,8H2,1H3,(H,12,13). The van der Waals surface area contributed by atoms with Crippen molar-refractivity contribution in [3.63, 3.8) is 0 Å². The highest BCUT2D eigenvalue weighted by atomic mass is 32.2. The summed E-state index contributed by atoms with van der Waals surface area (Å²) in [5, 5.41) is 16.0. The Balaban J connectivity index is 2.81. The molecule has 0 aromatic carbocycles. The van der Waals surface area contributed by atoms with E-state index in [1.54, 1.807) is 13.1 Å². The van der Waals surface area contributed by atoms with Crippen molar-refractivity contribution in [3.05, 3.63) is 12.4 Å². The number of nitrogens with two attached hydrogens (primary N) is 1. The Kier molecular flexibility index (Phi) is 3.66. The van der Waals surface area contributed by atoms with Crippen molar-refractivity contribution in [3.8, 4) is 0 Å². The van der Waals surface area contributed by atoms with Gasteiger partial charge in [0, 0.05) is 6.20 Å². The second kappa shape index (κ2) is 4.60. The van der Waals surface area contributed by atoms with Gasteiger partial charge in [0.25, 0.3) is 0 Å². The summed E-state index contributed by atoms with van der Waals surface area (Å²) >= 11 is 0.412. The molecule has 0 bridgehead atoms. The minimum atomic E-state index is -1.18. The van der Waals surface area contributed by atoms with Crippen LogP contribution in [0.2, 0.25) is 0 Å². The molecular weight excluding hydrogens is 220 g/mol.